The molecule has 1 unspecified atom stereocenters. The molecule has 3 nitrogen and oxygen atoms in total. The largest absolute Gasteiger partial charge is 0.330 e. The lowest BCUT2D eigenvalue weighted by molar-refractivity contribution is -0.111. The highest BCUT2D eigenvalue weighted by atomic mass is 32.1. The maximum Gasteiger partial charge on any atom is 0.187 e. The van der Waals surface area contributed by atoms with E-state index in [1.165, 1.54) is 0 Å². The van der Waals surface area contributed by atoms with Gasteiger partial charge in [0.05, 0.1) is 0 Å². The fourth-order valence-corrected chi connectivity index (χ4v) is 1.31. The van der Waals surface area contributed by atoms with Gasteiger partial charge in [0.2, 0.25) is 0 Å². The van der Waals surface area contributed by atoms with E-state index in [0.717, 1.165) is 12.8 Å². The lowest BCUT2D eigenvalue weighted by Gasteiger charge is -2.22. The van der Waals surface area contributed by atoms with Crippen molar-refractivity contribution in [3.8, 4) is 0 Å². The average molecular weight is 190 g/mol. The van der Waals surface area contributed by atoms with E-state index in [1.807, 2.05) is 19.0 Å². The second-order valence-corrected chi connectivity index (χ2v) is 3.65. The Kier molecular flexibility index (Phi) is 6.42. The SMILES string of the molecule is CN(C)C(CCCN)CC(=O)S. The first-order valence-electron chi connectivity index (χ1n) is 4.16. The fourth-order valence-electron chi connectivity index (χ4n) is 1.10. The number of nitrogens with two attached hydrogens (primary N) is 1. The van der Waals surface area contributed by atoms with Crippen LogP contribution in [0.15, 0.2) is 0 Å². The summed E-state index contributed by atoms with van der Waals surface area (Å²) in [5.41, 5.74) is 5.39. The van der Waals surface area contributed by atoms with E-state index in [1.54, 1.807) is 0 Å². The summed E-state index contributed by atoms with van der Waals surface area (Å²) in [4.78, 5) is 12.8. The molecule has 72 valence electrons. The molecular weight excluding hydrogens is 172 g/mol. The summed E-state index contributed by atoms with van der Waals surface area (Å²) in [6.07, 6.45) is 2.44. The van der Waals surface area contributed by atoms with Crippen LogP contribution in [0, 0.1) is 0 Å². The number of carbonyl (C=O) groups is 1. The highest BCUT2D eigenvalue weighted by molar-refractivity contribution is 7.96. The van der Waals surface area contributed by atoms with Crippen LogP contribution in [0.25, 0.3) is 0 Å². The zero-order valence-corrected chi connectivity index (χ0v) is 8.68. The summed E-state index contributed by atoms with van der Waals surface area (Å²) in [5, 5.41) is -0.0503. The molecule has 0 aliphatic heterocycles. The average Bonchev–Trinajstić information content (AvgIpc) is 1.96. The molecule has 0 saturated heterocycles. The molecule has 0 aliphatic carbocycles. The Morgan fingerprint density at radius 2 is 2.17 bits per heavy atom. The Morgan fingerprint density at radius 1 is 1.58 bits per heavy atom. The minimum Gasteiger partial charge on any atom is -0.330 e. The van der Waals surface area contributed by atoms with E-state index in [-0.39, 0.29) is 5.12 Å². The van der Waals surface area contributed by atoms with Crippen molar-refractivity contribution in [3.63, 3.8) is 0 Å². The zero-order chi connectivity index (χ0) is 9.56. The van der Waals surface area contributed by atoms with E-state index in [0.29, 0.717) is 19.0 Å². The predicted octanol–water partition coefficient (Wildman–Crippen LogP) is 0.502. The monoisotopic (exact) mass is 190 g/mol. The van der Waals surface area contributed by atoms with Crippen LogP contribution >= 0.6 is 12.6 Å². The molecule has 0 spiro atoms. The molecule has 0 aromatic rings. The first-order chi connectivity index (χ1) is 5.57. The van der Waals surface area contributed by atoms with Gasteiger partial charge in [-0.15, -0.1) is 12.6 Å². The molecule has 12 heavy (non-hydrogen) atoms. The molecule has 2 N–H and O–H groups in total. The summed E-state index contributed by atoms with van der Waals surface area (Å²) in [5.74, 6) is 0. The molecule has 4 heteroatoms. The van der Waals surface area contributed by atoms with Gasteiger partial charge in [-0.05, 0) is 33.5 Å². The maximum atomic E-state index is 10.7. The highest BCUT2D eigenvalue weighted by Gasteiger charge is 2.12. The van der Waals surface area contributed by atoms with Crippen molar-refractivity contribution in [3.05, 3.63) is 0 Å². The lowest BCUT2D eigenvalue weighted by Crippen LogP contribution is -2.30. The van der Waals surface area contributed by atoms with Gasteiger partial charge < -0.3 is 10.6 Å². The molecule has 0 amide bonds. The molecule has 0 fully saturated rings. The molecule has 0 heterocycles. The number of thiol groups is 1. The lowest BCUT2D eigenvalue weighted by atomic mass is 10.1. The predicted molar refractivity (Wildman–Crippen MR) is 54.4 cm³/mol. The van der Waals surface area contributed by atoms with Gasteiger partial charge in [0.25, 0.3) is 0 Å². The Balaban J connectivity index is 3.78. The van der Waals surface area contributed by atoms with Crippen LogP contribution in [0.4, 0.5) is 0 Å². The minimum absolute atomic E-state index is 0.0503. The van der Waals surface area contributed by atoms with Crippen LogP contribution in [0.1, 0.15) is 19.3 Å². The number of rotatable bonds is 6. The molecule has 0 aromatic heterocycles. The third-order valence-corrected chi connectivity index (χ3v) is 2.06. The molecule has 0 rings (SSSR count). The van der Waals surface area contributed by atoms with E-state index >= 15 is 0 Å². The van der Waals surface area contributed by atoms with E-state index in [2.05, 4.69) is 12.6 Å². The quantitative estimate of drug-likeness (QED) is 0.600. The third-order valence-electron chi connectivity index (χ3n) is 1.88. The third kappa shape index (κ3) is 5.57. The van der Waals surface area contributed by atoms with Gasteiger partial charge in [-0.25, -0.2) is 0 Å². The topological polar surface area (TPSA) is 46.3 Å². The molecule has 0 radical (unpaired) electrons. The Bertz CT molecular complexity index is 139. The summed E-state index contributed by atoms with van der Waals surface area (Å²) < 4.78 is 0. The Morgan fingerprint density at radius 3 is 2.50 bits per heavy atom. The molecule has 0 saturated carbocycles. The Labute approximate surface area is 79.7 Å². The normalized spacial score (nSPS) is 13.4. The van der Waals surface area contributed by atoms with Crippen LogP contribution in [0.3, 0.4) is 0 Å². The maximum absolute atomic E-state index is 10.7. The van der Waals surface area contributed by atoms with Gasteiger partial charge in [0.15, 0.2) is 5.12 Å². The van der Waals surface area contributed by atoms with Crippen LogP contribution in [0.2, 0.25) is 0 Å². The van der Waals surface area contributed by atoms with Gasteiger partial charge in [0.1, 0.15) is 0 Å². The van der Waals surface area contributed by atoms with E-state index in [9.17, 15) is 4.79 Å². The van der Waals surface area contributed by atoms with Crippen LogP contribution in [-0.4, -0.2) is 36.7 Å². The smallest absolute Gasteiger partial charge is 0.187 e. The van der Waals surface area contributed by atoms with Crippen molar-refractivity contribution >= 4 is 17.7 Å². The summed E-state index contributed by atoms with van der Waals surface area (Å²) in [6.45, 7) is 0.686. The molecule has 0 aliphatic rings. The van der Waals surface area contributed by atoms with Crippen molar-refractivity contribution < 1.29 is 4.79 Å². The first kappa shape index (κ1) is 11.9. The summed E-state index contributed by atoms with van der Waals surface area (Å²) >= 11 is 3.76. The van der Waals surface area contributed by atoms with Gasteiger partial charge in [-0.3, -0.25) is 4.79 Å². The number of hydrogen-bond donors (Lipinski definition) is 2. The van der Waals surface area contributed by atoms with Gasteiger partial charge >= 0.3 is 0 Å². The molecule has 0 aromatic carbocycles. The van der Waals surface area contributed by atoms with Crippen LogP contribution < -0.4 is 5.73 Å². The number of carbonyl (C=O) groups excluding carboxylic acids is 1. The zero-order valence-electron chi connectivity index (χ0n) is 7.79. The van der Waals surface area contributed by atoms with Gasteiger partial charge in [-0.2, -0.15) is 0 Å². The molecule has 0 bridgehead atoms. The Hall–Kier alpha value is -0.0600. The summed E-state index contributed by atoms with van der Waals surface area (Å²) in [7, 11) is 3.94. The second kappa shape index (κ2) is 6.46. The van der Waals surface area contributed by atoms with Crippen molar-refractivity contribution in [2.45, 2.75) is 25.3 Å². The van der Waals surface area contributed by atoms with Crippen molar-refractivity contribution in [2.24, 2.45) is 5.73 Å². The number of hydrogen-bond acceptors (Lipinski definition) is 3. The molecular formula is C8H18N2OS. The van der Waals surface area contributed by atoms with Crippen LogP contribution in [0.5, 0.6) is 0 Å². The van der Waals surface area contributed by atoms with Gasteiger partial charge in [0, 0.05) is 12.5 Å². The van der Waals surface area contributed by atoms with Crippen molar-refractivity contribution in [2.75, 3.05) is 20.6 Å². The van der Waals surface area contributed by atoms with E-state index < -0.39 is 0 Å². The van der Waals surface area contributed by atoms with Crippen LogP contribution in [-0.2, 0) is 4.79 Å². The second-order valence-electron chi connectivity index (χ2n) is 3.15. The summed E-state index contributed by atoms with van der Waals surface area (Å²) in [6, 6.07) is 0.290. The number of nitrogens with zero attached hydrogens (tertiary/aromatic N) is 1. The van der Waals surface area contributed by atoms with Crippen molar-refractivity contribution in [1.29, 1.82) is 0 Å². The minimum atomic E-state index is -0.0503. The standard InChI is InChI=1S/C8H18N2OS/c1-10(2)7(4-3-5-9)6-8(11)12/h7H,3-6,9H2,1-2H3,(H,11,12). The van der Waals surface area contributed by atoms with E-state index in [4.69, 9.17) is 5.73 Å². The fraction of sp³-hybridized carbons (Fsp3) is 0.875. The van der Waals surface area contributed by atoms with Gasteiger partial charge in [-0.1, -0.05) is 0 Å². The first-order valence-corrected chi connectivity index (χ1v) is 4.61. The highest BCUT2D eigenvalue weighted by Crippen LogP contribution is 2.08. The molecule has 1 atom stereocenters. The van der Waals surface area contributed by atoms with Crippen molar-refractivity contribution in [1.82, 2.24) is 4.90 Å².